The molecule has 0 radical (unpaired) electrons. The number of nitrogens with one attached hydrogen (secondary N) is 1. The van der Waals surface area contributed by atoms with E-state index >= 15 is 0 Å². The Hall–Kier alpha value is -0.680. The summed E-state index contributed by atoms with van der Waals surface area (Å²) in [6.07, 6.45) is 3.59. The van der Waals surface area contributed by atoms with Crippen LogP contribution in [0.4, 0.5) is 5.82 Å². The van der Waals surface area contributed by atoms with Gasteiger partial charge in [-0.3, -0.25) is 0 Å². The molecule has 1 N–H and O–H groups in total. The lowest BCUT2D eigenvalue weighted by molar-refractivity contribution is 0.380. The molecule has 0 spiro atoms. The predicted octanol–water partition coefficient (Wildman–Crippen LogP) is 2.30. The zero-order chi connectivity index (χ0) is 11.3. The van der Waals surface area contributed by atoms with Crippen LogP contribution in [0, 0.1) is 0 Å². The smallest absolute Gasteiger partial charge is 0.318 e. The second-order valence-electron chi connectivity index (χ2n) is 3.05. The maximum absolute atomic E-state index is 5.95. The van der Waals surface area contributed by atoms with Crippen LogP contribution in [0.5, 0.6) is 6.01 Å². The van der Waals surface area contributed by atoms with Gasteiger partial charge in [-0.2, -0.15) is 16.7 Å². The van der Waals surface area contributed by atoms with Gasteiger partial charge < -0.3 is 10.1 Å². The maximum atomic E-state index is 5.95. The number of hydrogen-bond acceptors (Lipinski definition) is 5. The third kappa shape index (κ3) is 3.76. The number of aromatic nitrogens is 2. The Morgan fingerprint density at radius 1 is 1.67 bits per heavy atom. The number of ether oxygens (including phenoxy) is 1. The van der Waals surface area contributed by atoms with Crippen LogP contribution in [-0.4, -0.2) is 35.1 Å². The Labute approximate surface area is 98.8 Å². The van der Waals surface area contributed by atoms with Crippen molar-refractivity contribution in [1.29, 1.82) is 0 Å². The van der Waals surface area contributed by atoms with Crippen LogP contribution in [0.2, 0.25) is 5.02 Å². The van der Waals surface area contributed by atoms with Crippen molar-refractivity contribution in [3.63, 3.8) is 0 Å². The average molecular weight is 248 g/mol. The van der Waals surface area contributed by atoms with Gasteiger partial charge in [-0.25, -0.2) is 4.98 Å². The molecule has 1 heterocycles. The first-order chi connectivity index (χ1) is 7.17. The lowest BCUT2D eigenvalue weighted by Gasteiger charge is -2.14. The van der Waals surface area contributed by atoms with Crippen LogP contribution in [0.25, 0.3) is 0 Å². The molecule has 84 valence electrons. The van der Waals surface area contributed by atoms with Crippen molar-refractivity contribution < 1.29 is 4.74 Å². The highest BCUT2D eigenvalue weighted by Gasteiger charge is 2.08. The van der Waals surface area contributed by atoms with Gasteiger partial charge in [-0.05, 0) is 13.2 Å². The molecule has 1 unspecified atom stereocenters. The van der Waals surface area contributed by atoms with E-state index in [1.54, 1.807) is 11.8 Å². The fraction of sp³-hybridized carbons (Fsp3) is 0.556. The number of rotatable bonds is 5. The highest BCUT2D eigenvalue weighted by Crippen LogP contribution is 2.21. The third-order valence-electron chi connectivity index (χ3n) is 1.70. The summed E-state index contributed by atoms with van der Waals surface area (Å²) >= 11 is 7.71. The van der Waals surface area contributed by atoms with E-state index < -0.39 is 0 Å². The molecule has 0 saturated carbocycles. The molecule has 0 aromatic carbocycles. The number of hydrogen-bond donors (Lipinski definition) is 1. The normalized spacial score (nSPS) is 12.3. The van der Waals surface area contributed by atoms with Crippen molar-refractivity contribution in [3.05, 3.63) is 11.2 Å². The molecule has 0 amide bonds. The van der Waals surface area contributed by atoms with E-state index in [-0.39, 0.29) is 0 Å². The summed E-state index contributed by atoms with van der Waals surface area (Å²) in [5, 5.41) is 3.71. The fourth-order valence-electron chi connectivity index (χ4n) is 1.08. The number of nitrogens with zero attached hydrogens (tertiary/aromatic N) is 2. The molecule has 0 saturated heterocycles. The lowest BCUT2D eigenvalue weighted by Crippen LogP contribution is -2.19. The molecular formula is C9H14ClN3OS. The molecule has 0 aliphatic carbocycles. The zero-order valence-corrected chi connectivity index (χ0v) is 10.5. The van der Waals surface area contributed by atoms with Gasteiger partial charge >= 0.3 is 6.01 Å². The molecule has 4 nitrogen and oxygen atoms in total. The minimum absolute atomic E-state index is 0.303. The van der Waals surface area contributed by atoms with Crippen molar-refractivity contribution in [3.8, 4) is 6.01 Å². The van der Waals surface area contributed by atoms with E-state index in [1.165, 1.54) is 13.3 Å². The van der Waals surface area contributed by atoms with Crippen LogP contribution in [0.15, 0.2) is 6.20 Å². The first-order valence-electron chi connectivity index (χ1n) is 4.49. The largest absolute Gasteiger partial charge is 0.467 e. The monoisotopic (exact) mass is 247 g/mol. The summed E-state index contributed by atoms with van der Waals surface area (Å²) < 4.78 is 4.93. The van der Waals surface area contributed by atoms with Gasteiger partial charge in [0.05, 0.1) is 13.3 Å². The van der Waals surface area contributed by atoms with Gasteiger partial charge in [0.1, 0.15) is 5.02 Å². The average Bonchev–Trinajstić information content (AvgIpc) is 2.21. The highest BCUT2D eigenvalue weighted by molar-refractivity contribution is 7.98. The van der Waals surface area contributed by atoms with E-state index in [1.807, 2.05) is 0 Å². The van der Waals surface area contributed by atoms with Gasteiger partial charge in [-0.15, -0.1) is 0 Å². The summed E-state index contributed by atoms with van der Waals surface area (Å²) in [7, 11) is 1.53. The Balaban J connectivity index is 2.74. The number of anilines is 1. The summed E-state index contributed by atoms with van der Waals surface area (Å²) in [6, 6.07) is 0.621. The fourth-order valence-corrected chi connectivity index (χ4v) is 1.80. The summed E-state index contributed by atoms with van der Waals surface area (Å²) in [5.41, 5.74) is 0. The third-order valence-corrected chi connectivity index (χ3v) is 2.81. The molecular weight excluding hydrogens is 234 g/mol. The van der Waals surface area contributed by atoms with Crippen molar-refractivity contribution >= 4 is 29.2 Å². The van der Waals surface area contributed by atoms with Crippen molar-refractivity contribution in [1.82, 2.24) is 9.97 Å². The standard InChI is InChI=1S/C9H14ClN3OS/c1-6(5-15-3)12-8-7(10)4-11-9(13-8)14-2/h4,6H,5H2,1-3H3,(H,11,12,13). The molecule has 1 aromatic rings. The minimum Gasteiger partial charge on any atom is -0.467 e. The molecule has 1 aromatic heterocycles. The van der Waals surface area contributed by atoms with Crippen LogP contribution in [0.1, 0.15) is 6.92 Å². The summed E-state index contributed by atoms with van der Waals surface area (Å²) in [4.78, 5) is 8.03. The molecule has 0 fully saturated rings. The Bertz CT molecular complexity index is 324. The van der Waals surface area contributed by atoms with Crippen molar-refractivity contribution in [2.45, 2.75) is 13.0 Å². The van der Waals surface area contributed by atoms with E-state index in [2.05, 4.69) is 28.5 Å². The predicted molar refractivity (Wildman–Crippen MR) is 65.1 cm³/mol. The van der Waals surface area contributed by atoms with Crippen LogP contribution in [0.3, 0.4) is 0 Å². The Kier molecular flexibility index (Phi) is 4.98. The number of methoxy groups -OCH3 is 1. The maximum Gasteiger partial charge on any atom is 0.318 e. The quantitative estimate of drug-likeness (QED) is 0.865. The van der Waals surface area contributed by atoms with E-state index in [9.17, 15) is 0 Å². The lowest BCUT2D eigenvalue weighted by atomic mass is 10.4. The topological polar surface area (TPSA) is 47.0 Å². The van der Waals surface area contributed by atoms with Gasteiger partial charge in [0.15, 0.2) is 5.82 Å². The summed E-state index contributed by atoms with van der Waals surface area (Å²) in [6.45, 7) is 2.07. The molecule has 0 bridgehead atoms. The van der Waals surface area contributed by atoms with Gasteiger partial charge in [0.25, 0.3) is 0 Å². The van der Waals surface area contributed by atoms with E-state index in [4.69, 9.17) is 16.3 Å². The molecule has 0 aliphatic rings. The first-order valence-corrected chi connectivity index (χ1v) is 6.26. The molecule has 15 heavy (non-hydrogen) atoms. The van der Waals surface area contributed by atoms with Gasteiger partial charge in [-0.1, -0.05) is 11.6 Å². The first kappa shape index (κ1) is 12.4. The SMILES string of the molecule is COc1ncc(Cl)c(NC(C)CSC)n1. The second kappa shape index (κ2) is 6.02. The van der Waals surface area contributed by atoms with E-state index in [0.717, 1.165) is 5.75 Å². The number of halogens is 1. The second-order valence-corrected chi connectivity index (χ2v) is 4.37. The summed E-state index contributed by atoms with van der Waals surface area (Å²) in [5.74, 6) is 1.60. The van der Waals surface area contributed by atoms with E-state index in [0.29, 0.717) is 22.9 Å². The molecule has 1 rings (SSSR count). The van der Waals surface area contributed by atoms with Gasteiger partial charge in [0, 0.05) is 11.8 Å². The van der Waals surface area contributed by atoms with Crippen LogP contribution in [-0.2, 0) is 0 Å². The zero-order valence-electron chi connectivity index (χ0n) is 8.95. The molecule has 1 atom stereocenters. The van der Waals surface area contributed by atoms with Gasteiger partial charge in [0.2, 0.25) is 0 Å². The molecule has 6 heteroatoms. The Morgan fingerprint density at radius 3 is 3.00 bits per heavy atom. The molecule has 0 aliphatic heterocycles. The van der Waals surface area contributed by atoms with Crippen LogP contribution >= 0.6 is 23.4 Å². The van der Waals surface area contributed by atoms with Crippen LogP contribution < -0.4 is 10.1 Å². The highest BCUT2D eigenvalue weighted by atomic mass is 35.5. The minimum atomic E-state index is 0.303. The van der Waals surface area contributed by atoms with Crippen molar-refractivity contribution in [2.24, 2.45) is 0 Å². The Morgan fingerprint density at radius 2 is 2.40 bits per heavy atom. The number of thioether (sulfide) groups is 1. The van der Waals surface area contributed by atoms with Crippen molar-refractivity contribution in [2.75, 3.05) is 24.4 Å².